The third kappa shape index (κ3) is 3.40. The average Bonchev–Trinajstić information content (AvgIpc) is 2.96. The molecule has 2 aromatic heterocycles. The molecule has 2 heterocycles. The van der Waals surface area contributed by atoms with E-state index in [1.54, 1.807) is 18.2 Å². The SMILES string of the molecule is CC(C)(C)c1cc(CC(=O)C(C)(C)S(=O)(=O)c2ccccn2)no1. The van der Waals surface area contributed by atoms with Crippen LogP contribution in [0, 0.1) is 0 Å². The van der Waals surface area contributed by atoms with E-state index >= 15 is 0 Å². The fourth-order valence-electron chi connectivity index (χ4n) is 2.04. The van der Waals surface area contributed by atoms with Crippen LogP contribution in [0.4, 0.5) is 0 Å². The van der Waals surface area contributed by atoms with E-state index < -0.39 is 20.4 Å². The molecule has 0 saturated carbocycles. The summed E-state index contributed by atoms with van der Waals surface area (Å²) in [4.78, 5) is 16.5. The van der Waals surface area contributed by atoms with Crippen molar-refractivity contribution in [1.29, 1.82) is 0 Å². The summed E-state index contributed by atoms with van der Waals surface area (Å²) in [5.41, 5.74) is 0.193. The molecule has 0 atom stereocenters. The Labute approximate surface area is 142 Å². The first-order valence-electron chi connectivity index (χ1n) is 7.61. The van der Waals surface area contributed by atoms with E-state index in [4.69, 9.17) is 4.52 Å². The minimum Gasteiger partial charge on any atom is -0.361 e. The fourth-order valence-corrected chi connectivity index (χ4v) is 3.40. The van der Waals surface area contributed by atoms with Gasteiger partial charge in [0.25, 0.3) is 0 Å². The molecule has 0 spiro atoms. The Kier molecular flexibility index (Phi) is 4.68. The number of hydrogen-bond donors (Lipinski definition) is 0. The van der Waals surface area contributed by atoms with Crippen molar-refractivity contribution in [3.63, 3.8) is 0 Å². The number of Topliss-reactive ketones (excluding diaryl/α,β-unsaturated/α-hetero) is 1. The van der Waals surface area contributed by atoms with Gasteiger partial charge in [0.1, 0.15) is 10.5 Å². The van der Waals surface area contributed by atoms with Gasteiger partial charge in [-0.05, 0) is 26.0 Å². The van der Waals surface area contributed by atoms with Gasteiger partial charge in [-0.25, -0.2) is 13.4 Å². The van der Waals surface area contributed by atoms with Gasteiger partial charge in [-0.15, -0.1) is 0 Å². The minimum absolute atomic E-state index is 0.112. The molecule has 130 valence electrons. The number of nitrogens with zero attached hydrogens (tertiary/aromatic N) is 2. The van der Waals surface area contributed by atoms with E-state index in [1.807, 2.05) is 20.8 Å². The van der Waals surface area contributed by atoms with Crippen LogP contribution in [0.3, 0.4) is 0 Å². The van der Waals surface area contributed by atoms with Crippen LogP contribution in [0.5, 0.6) is 0 Å². The van der Waals surface area contributed by atoms with Gasteiger partial charge in [-0.2, -0.15) is 0 Å². The summed E-state index contributed by atoms with van der Waals surface area (Å²) in [6, 6.07) is 6.28. The van der Waals surface area contributed by atoms with Crippen molar-refractivity contribution >= 4 is 15.6 Å². The lowest BCUT2D eigenvalue weighted by molar-refractivity contribution is -0.120. The second-order valence-electron chi connectivity index (χ2n) is 7.21. The molecule has 0 fully saturated rings. The standard InChI is InChI=1S/C17H22N2O4S/c1-16(2,3)14-11-12(19-23-14)10-13(20)17(4,5)24(21,22)15-8-6-7-9-18-15/h6-9,11H,10H2,1-5H3. The quantitative estimate of drug-likeness (QED) is 0.823. The van der Waals surface area contributed by atoms with E-state index in [0.717, 1.165) is 0 Å². The predicted molar refractivity (Wildman–Crippen MR) is 89.4 cm³/mol. The zero-order chi connectivity index (χ0) is 18.2. The predicted octanol–water partition coefficient (Wildman–Crippen LogP) is 2.73. The number of hydrogen-bond acceptors (Lipinski definition) is 6. The Morgan fingerprint density at radius 3 is 2.33 bits per heavy atom. The summed E-state index contributed by atoms with van der Waals surface area (Å²) in [7, 11) is -3.90. The summed E-state index contributed by atoms with van der Waals surface area (Å²) >= 11 is 0. The fraction of sp³-hybridized carbons (Fsp3) is 0.471. The molecule has 2 rings (SSSR count). The van der Waals surface area contributed by atoms with E-state index in [1.165, 1.54) is 26.1 Å². The zero-order valence-corrected chi connectivity index (χ0v) is 15.3. The number of aromatic nitrogens is 2. The van der Waals surface area contributed by atoms with Crippen LogP contribution in [0.25, 0.3) is 0 Å². The second kappa shape index (κ2) is 6.12. The molecule has 0 bridgehead atoms. The van der Waals surface area contributed by atoms with Gasteiger partial charge in [-0.1, -0.05) is 32.0 Å². The summed E-state index contributed by atoms with van der Waals surface area (Å²) in [5.74, 6) is 0.192. The third-order valence-electron chi connectivity index (χ3n) is 3.90. The molecule has 0 saturated heterocycles. The average molecular weight is 350 g/mol. The molecule has 2 aromatic rings. The summed E-state index contributed by atoms with van der Waals surface area (Å²) in [5, 5.41) is 3.77. The highest BCUT2D eigenvalue weighted by Crippen LogP contribution is 2.27. The van der Waals surface area contributed by atoms with Crippen LogP contribution in [-0.2, 0) is 26.5 Å². The van der Waals surface area contributed by atoms with Crippen molar-refractivity contribution in [2.75, 3.05) is 0 Å². The van der Waals surface area contributed by atoms with Gasteiger partial charge in [0.2, 0.25) is 9.84 Å². The van der Waals surface area contributed by atoms with Crippen molar-refractivity contribution in [2.45, 2.75) is 56.2 Å². The Morgan fingerprint density at radius 1 is 1.17 bits per heavy atom. The number of pyridine rings is 1. The van der Waals surface area contributed by atoms with E-state index in [9.17, 15) is 13.2 Å². The first kappa shape index (κ1) is 18.3. The van der Waals surface area contributed by atoms with Gasteiger partial charge in [-0.3, -0.25) is 4.79 Å². The molecule has 0 aliphatic rings. The Morgan fingerprint density at radius 2 is 1.83 bits per heavy atom. The molecule has 0 aliphatic heterocycles. The largest absolute Gasteiger partial charge is 0.361 e. The molecule has 7 heteroatoms. The maximum absolute atomic E-state index is 12.7. The molecule has 0 unspecified atom stereocenters. The molecule has 6 nitrogen and oxygen atoms in total. The van der Waals surface area contributed by atoms with Crippen LogP contribution < -0.4 is 0 Å². The van der Waals surface area contributed by atoms with Gasteiger partial charge >= 0.3 is 0 Å². The highest BCUT2D eigenvalue weighted by atomic mass is 32.2. The van der Waals surface area contributed by atoms with E-state index in [0.29, 0.717) is 11.5 Å². The number of carbonyl (C=O) groups excluding carboxylic acids is 1. The van der Waals surface area contributed by atoms with Crippen LogP contribution in [0.1, 0.15) is 46.1 Å². The van der Waals surface area contributed by atoms with Crippen LogP contribution in [-0.4, -0.2) is 29.1 Å². The first-order valence-corrected chi connectivity index (χ1v) is 9.09. The highest BCUT2D eigenvalue weighted by molar-refractivity contribution is 7.93. The Balaban J connectivity index is 2.26. The van der Waals surface area contributed by atoms with Crippen molar-refractivity contribution < 1.29 is 17.7 Å². The number of rotatable bonds is 5. The lowest BCUT2D eigenvalue weighted by Gasteiger charge is -2.22. The molecule has 24 heavy (non-hydrogen) atoms. The van der Waals surface area contributed by atoms with E-state index in [-0.39, 0.29) is 16.9 Å². The summed E-state index contributed by atoms with van der Waals surface area (Å²) in [6.45, 7) is 8.69. The number of ketones is 1. The second-order valence-corrected chi connectivity index (χ2v) is 9.66. The maximum Gasteiger partial charge on any atom is 0.207 e. The third-order valence-corrected chi connectivity index (χ3v) is 6.26. The normalized spacial score (nSPS) is 13.0. The zero-order valence-electron chi connectivity index (χ0n) is 14.5. The number of carbonyl (C=O) groups is 1. The van der Waals surface area contributed by atoms with Crippen molar-refractivity contribution in [1.82, 2.24) is 10.1 Å². The molecule has 0 aliphatic carbocycles. The lowest BCUT2D eigenvalue weighted by Crippen LogP contribution is -2.42. The first-order chi connectivity index (χ1) is 11.0. The van der Waals surface area contributed by atoms with Crippen LogP contribution in [0.15, 0.2) is 40.0 Å². The molecular weight excluding hydrogens is 328 g/mol. The molecule has 0 aromatic carbocycles. The lowest BCUT2D eigenvalue weighted by atomic mass is 9.92. The molecule has 0 radical (unpaired) electrons. The smallest absolute Gasteiger partial charge is 0.207 e. The van der Waals surface area contributed by atoms with Crippen molar-refractivity contribution in [3.8, 4) is 0 Å². The number of sulfone groups is 1. The Bertz CT molecular complexity index is 831. The molecular formula is C17H22N2O4S. The van der Waals surface area contributed by atoms with Gasteiger partial charge in [0.15, 0.2) is 10.8 Å². The van der Waals surface area contributed by atoms with Crippen LogP contribution in [0.2, 0.25) is 0 Å². The van der Waals surface area contributed by atoms with Gasteiger partial charge in [0.05, 0.1) is 12.1 Å². The van der Waals surface area contributed by atoms with Crippen molar-refractivity contribution in [3.05, 3.63) is 41.9 Å². The monoisotopic (exact) mass is 350 g/mol. The van der Waals surface area contributed by atoms with Gasteiger partial charge < -0.3 is 4.52 Å². The maximum atomic E-state index is 12.7. The topological polar surface area (TPSA) is 90.1 Å². The highest BCUT2D eigenvalue weighted by Gasteiger charge is 2.43. The van der Waals surface area contributed by atoms with Crippen molar-refractivity contribution in [2.24, 2.45) is 0 Å². The van der Waals surface area contributed by atoms with E-state index in [2.05, 4.69) is 10.1 Å². The van der Waals surface area contributed by atoms with Gasteiger partial charge in [0, 0.05) is 17.7 Å². The Hall–Kier alpha value is -2.02. The molecule has 0 amide bonds. The summed E-state index contributed by atoms with van der Waals surface area (Å²) in [6.07, 6.45) is 1.28. The van der Waals surface area contributed by atoms with Crippen LogP contribution >= 0.6 is 0 Å². The summed E-state index contributed by atoms with van der Waals surface area (Å²) < 4.78 is 29.1. The molecule has 0 N–H and O–H groups in total. The minimum atomic E-state index is -3.90.